The molecule has 11 nitrogen and oxygen atoms in total. The molecular formula is C31H42N8O3. The molecule has 0 bridgehead atoms. The second kappa shape index (κ2) is 13.7. The fraction of sp³-hybridized carbons (Fsp3) is 0.516. The lowest BCUT2D eigenvalue weighted by molar-refractivity contribution is -0.121. The third-order valence-electron chi connectivity index (χ3n) is 8.11. The van der Waals surface area contributed by atoms with E-state index in [0.717, 1.165) is 48.5 Å². The molecule has 42 heavy (non-hydrogen) atoms. The monoisotopic (exact) mass is 574 g/mol. The molecule has 1 unspecified atom stereocenters. The predicted molar refractivity (Wildman–Crippen MR) is 161 cm³/mol. The molecule has 3 heterocycles. The quantitative estimate of drug-likeness (QED) is 0.396. The molecule has 0 radical (unpaired) electrons. The molecule has 1 saturated carbocycles. The van der Waals surface area contributed by atoms with E-state index in [4.69, 9.17) is 14.7 Å². The smallest absolute Gasteiger partial charge is 0.317 e. The number of hydrogen-bond donors (Lipinski definition) is 2. The van der Waals surface area contributed by atoms with Gasteiger partial charge in [-0.05, 0) is 36.5 Å². The van der Waals surface area contributed by atoms with Gasteiger partial charge in [0.1, 0.15) is 17.9 Å². The van der Waals surface area contributed by atoms with E-state index < -0.39 is 0 Å². The third kappa shape index (κ3) is 7.37. The van der Waals surface area contributed by atoms with Crippen LogP contribution in [-0.4, -0.2) is 75.2 Å². The van der Waals surface area contributed by atoms with Gasteiger partial charge in [0.15, 0.2) is 0 Å². The van der Waals surface area contributed by atoms with Gasteiger partial charge in [0, 0.05) is 57.1 Å². The molecule has 2 aromatic heterocycles. The minimum Gasteiger partial charge on any atom is -0.497 e. The first-order chi connectivity index (χ1) is 20.4. The van der Waals surface area contributed by atoms with Gasteiger partial charge in [0.05, 0.1) is 18.8 Å². The molecule has 11 heteroatoms. The van der Waals surface area contributed by atoms with Crippen molar-refractivity contribution in [3.05, 3.63) is 60.3 Å². The molecule has 5 rings (SSSR count). The van der Waals surface area contributed by atoms with Gasteiger partial charge in [-0.2, -0.15) is 4.98 Å². The molecule has 1 aliphatic heterocycles. The second-order valence-electron chi connectivity index (χ2n) is 11.5. The summed E-state index contributed by atoms with van der Waals surface area (Å²) in [5.74, 6) is 2.16. The van der Waals surface area contributed by atoms with E-state index >= 15 is 0 Å². The molecule has 3 aromatic rings. The van der Waals surface area contributed by atoms with Crippen LogP contribution in [0.25, 0.3) is 5.95 Å². The number of amides is 3. The summed E-state index contributed by atoms with van der Waals surface area (Å²) < 4.78 is 7.03. The third-order valence-corrected chi connectivity index (χ3v) is 8.11. The summed E-state index contributed by atoms with van der Waals surface area (Å²) in [5, 5.41) is 6.30. The van der Waals surface area contributed by atoms with Crippen LogP contribution < -0.4 is 20.3 Å². The Kier molecular flexibility index (Phi) is 9.55. The van der Waals surface area contributed by atoms with Crippen molar-refractivity contribution in [2.24, 2.45) is 0 Å². The number of benzene rings is 1. The van der Waals surface area contributed by atoms with Crippen LogP contribution in [0.15, 0.2) is 49.1 Å². The number of nitrogens with one attached hydrogen (secondary N) is 2. The van der Waals surface area contributed by atoms with Crippen LogP contribution in [0.4, 0.5) is 10.6 Å². The van der Waals surface area contributed by atoms with E-state index in [1.807, 2.05) is 41.4 Å². The lowest BCUT2D eigenvalue weighted by atomic mass is 9.96. The zero-order chi connectivity index (χ0) is 29.5. The Balaban J connectivity index is 1.35. The average molecular weight is 575 g/mol. The van der Waals surface area contributed by atoms with Crippen molar-refractivity contribution in [2.45, 2.75) is 76.9 Å². The SMILES string of the molecule is COc1ccc(CNC(=O)CC2CN(C(=O)NC3CCCCC3)CCN2c2cc(C(C)C)nc(-n3ccnc3)n2)cc1. The Labute approximate surface area is 247 Å². The van der Waals surface area contributed by atoms with Crippen molar-refractivity contribution in [1.82, 2.24) is 35.1 Å². The molecule has 1 aromatic carbocycles. The number of imidazole rings is 1. The van der Waals surface area contributed by atoms with Crippen LogP contribution in [-0.2, 0) is 11.3 Å². The van der Waals surface area contributed by atoms with Crippen molar-refractivity contribution in [2.75, 3.05) is 31.6 Å². The van der Waals surface area contributed by atoms with Crippen LogP contribution in [0.2, 0.25) is 0 Å². The summed E-state index contributed by atoms with van der Waals surface area (Å²) >= 11 is 0. The summed E-state index contributed by atoms with van der Waals surface area (Å²) in [6, 6.07) is 9.57. The summed E-state index contributed by atoms with van der Waals surface area (Å²) in [4.78, 5) is 44.4. The minimum atomic E-state index is -0.253. The van der Waals surface area contributed by atoms with Crippen molar-refractivity contribution in [3.63, 3.8) is 0 Å². The molecule has 2 fully saturated rings. The Hall–Kier alpha value is -4.15. The Morgan fingerprint density at radius 1 is 1.07 bits per heavy atom. The summed E-state index contributed by atoms with van der Waals surface area (Å²) in [6.45, 7) is 6.15. The van der Waals surface area contributed by atoms with Gasteiger partial charge < -0.3 is 25.2 Å². The van der Waals surface area contributed by atoms with Gasteiger partial charge in [-0.3, -0.25) is 9.36 Å². The van der Waals surface area contributed by atoms with Gasteiger partial charge in [-0.15, -0.1) is 0 Å². The molecule has 224 valence electrons. The van der Waals surface area contributed by atoms with Crippen molar-refractivity contribution < 1.29 is 14.3 Å². The van der Waals surface area contributed by atoms with E-state index in [1.165, 1.54) is 6.42 Å². The predicted octanol–water partition coefficient (Wildman–Crippen LogP) is 4.03. The number of methoxy groups -OCH3 is 1. The number of ether oxygens (including phenoxy) is 1. The maximum atomic E-state index is 13.3. The topological polar surface area (TPSA) is 118 Å². The highest BCUT2D eigenvalue weighted by molar-refractivity contribution is 5.78. The van der Waals surface area contributed by atoms with Crippen LogP contribution in [0.5, 0.6) is 5.75 Å². The van der Waals surface area contributed by atoms with Crippen LogP contribution in [0.3, 0.4) is 0 Å². The maximum absolute atomic E-state index is 13.3. The Morgan fingerprint density at radius 3 is 2.55 bits per heavy atom. The highest BCUT2D eigenvalue weighted by Gasteiger charge is 2.33. The first-order valence-electron chi connectivity index (χ1n) is 15.0. The molecule has 1 saturated heterocycles. The molecule has 1 aliphatic carbocycles. The number of hydrogen-bond acceptors (Lipinski definition) is 7. The van der Waals surface area contributed by atoms with E-state index in [-0.39, 0.29) is 36.4 Å². The van der Waals surface area contributed by atoms with Crippen molar-refractivity contribution in [3.8, 4) is 11.7 Å². The van der Waals surface area contributed by atoms with Gasteiger partial charge >= 0.3 is 6.03 Å². The minimum absolute atomic E-state index is 0.0464. The van der Waals surface area contributed by atoms with E-state index in [2.05, 4.69) is 34.4 Å². The first kappa shape index (κ1) is 29.3. The number of carbonyl (C=O) groups excluding carboxylic acids is 2. The standard InChI is InChI=1S/C31H42N8O3/c1-22(2)27-18-28(36-30(35-27)38-14-13-32-21-38)39-16-15-37(31(41)34-24-7-5-4-6-8-24)20-25(39)17-29(40)33-19-23-9-11-26(42-3)12-10-23/h9-14,18,21-22,24-25H,4-8,15-17,19-20H2,1-3H3,(H,33,40)(H,34,41). The highest BCUT2D eigenvalue weighted by atomic mass is 16.5. The van der Waals surface area contributed by atoms with Gasteiger partial charge in [-0.25, -0.2) is 14.8 Å². The average Bonchev–Trinajstić information content (AvgIpc) is 3.56. The number of nitrogens with zero attached hydrogens (tertiary/aromatic N) is 6. The number of aromatic nitrogens is 4. The maximum Gasteiger partial charge on any atom is 0.317 e. The van der Waals surface area contributed by atoms with E-state index in [9.17, 15) is 9.59 Å². The molecule has 2 N–H and O–H groups in total. The summed E-state index contributed by atoms with van der Waals surface area (Å²) in [7, 11) is 1.63. The van der Waals surface area contributed by atoms with Gasteiger partial charge in [0.2, 0.25) is 11.9 Å². The summed E-state index contributed by atoms with van der Waals surface area (Å²) in [5.41, 5.74) is 1.89. The van der Waals surface area contributed by atoms with Crippen LogP contribution >= 0.6 is 0 Å². The highest BCUT2D eigenvalue weighted by Crippen LogP contribution is 2.26. The molecule has 0 spiro atoms. The summed E-state index contributed by atoms with van der Waals surface area (Å²) in [6.07, 6.45) is 11.0. The van der Waals surface area contributed by atoms with Gasteiger partial charge in [0.25, 0.3) is 0 Å². The normalized spacial score (nSPS) is 17.8. The lowest BCUT2D eigenvalue weighted by Crippen LogP contribution is -2.59. The zero-order valence-corrected chi connectivity index (χ0v) is 24.8. The number of rotatable bonds is 9. The largest absolute Gasteiger partial charge is 0.497 e. The van der Waals surface area contributed by atoms with Gasteiger partial charge in [-0.1, -0.05) is 45.2 Å². The van der Waals surface area contributed by atoms with Crippen molar-refractivity contribution >= 4 is 17.8 Å². The van der Waals surface area contributed by atoms with Crippen LogP contribution in [0, 0.1) is 0 Å². The molecule has 3 amide bonds. The fourth-order valence-electron chi connectivity index (χ4n) is 5.63. The lowest BCUT2D eigenvalue weighted by Gasteiger charge is -2.42. The molecule has 1 atom stereocenters. The number of carbonyl (C=O) groups is 2. The number of anilines is 1. The van der Waals surface area contributed by atoms with E-state index in [0.29, 0.717) is 32.1 Å². The second-order valence-corrected chi connectivity index (χ2v) is 11.5. The Morgan fingerprint density at radius 2 is 1.86 bits per heavy atom. The Bertz CT molecular complexity index is 1320. The zero-order valence-electron chi connectivity index (χ0n) is 24.8. The molecule has 2 aliphatic rings. The number of piperazine rings is 1. The van der Waals surface area contributed by atoms with E-state index in [1.54, 1.807) is 24.2 Å². The molecular weight excluding hydrogens is 532 g/mol. The fourth-order valence-corrected chi connectivity index (χ4v) is 5.63. The van der Waals surface area contributed by atoms with Crippen LogP contribution in [0.1, 0.15) is 69.5 Å². The first-order valence-corrected chi connectivity index (χ1v) is 15.0. The number of urea groups is 1. The van der Waals surface area contributed by atoms with Crippen molar-refractivity contribution in [1.29, 1.82) is 0 Å².